The molecule has 2 heterocycles. The average Bonchev–Trinajstić information content (AvgIpc) is 2.70. The third-order valence-corrected chi connectivity index (χ3v) is 3.98. The average molecular weight is 364 g/mol. The first-order valence-electron chi connectivity index (χ1n) is 8.52. The molecular weight excluding hydrogens is 344 g/mol. The summed E-state index contributed by atoms with van der Waals surface area (Å²) in [6.45, 7) is 1.78. The van der Waals surface area contributed by atoms with Gasteiger partial charge >= 0.3 is 0 Å². The quantitative estimate of drug-likeness (QED) is 0.524. The first-order chi connectivity index (χ1) is 13.1. The molecule has 1 aliphatic heterocycles. The first kappa shape index (κ1) is 18.2. The summed E-state index contributed by atoms with van der Waals surface area (Å²) in [7, 11) is 0. The lowest BCUT2D eigenvalue weighted by molar-refractivity contribution is -0.128. The van der Waals surface area contributed by atoms with E-state index < -0.39 is 6.04 Å². The Hall–Kier alpha value is -3.55. The molecule has 2 amide bonds. The molecule has 3 N–H and O–H groups in total. The number of nitrogens with zero attached hydrogens (tertiary/aromatic N) is 3. The number of pyridine rings is 1. The van der Waals surface area contributed by atoms with E-state index in [4.69, 9.17) is 0 Å². The van der Waals surface area contributed by atoms with E-state index in [1.807, 2.05) is 30.3 Å². The summed E-state index contributed by atoms with van der Waals surface area (Å²) in [4.78, 5) is 32.4. The van der Waals surface area contributed by atoms with Crippen LogP contribution >= 0.6 is 0 Å². The number of hydrogen-bond acceptors (Lipinski definition) is 6. The van der Waals surface area contributed by atoms with Crippen LogP contribution in [0.15, 0.2) is 65.0 Å². The molecule has 0 saturated heterocycles. The molecule has 0 radical (unpaired) electrons. The Morgan fingerprint density at radius 1 is 1.15 bits per heavy atom. The molecule has 1 aromatic carbocycles. The normalized spacial score (nSPS) is 16.8. The first-order valence-corrected chi connectivity index (χ1v) is 8.52. The molecule has 8 heteroatoms. The molecule has 0 saturated carbocycles. The maximum absolute atomic E-state index is 12.2. The largest absolute Gasteiger partial charge is 0.285 e. The number of nitrogens with one attached hydrogen (secondary N) is 3. The van der Waals surface area contributed by atoms with Crippen molar-refractivity contribution in [3.63, 3.8) is 0 Å². The molecule has 2 aromatic rings. The van der Waals surface area contributed by atoms with Gasteiger partial charge < -0.3 is 0 Å². The van der Waals surface area contributed by atoms with Gasteiger partial charge in [0.2, 0.25) is 5.91 Å². The molecule has 1 aliphatic rings. The maximum atomic E-state index is 12.2. The molecule has 0 fully saturated rings. The second-order valence-electron chi connectivity index (χ2n) is 6.04. The van der Waals surface area contributed by atoms with E-state index in [-0.39, 0.29) is 18.2 Å². The minimum Gasteiger partial charge on any atom is -0.285 e. The van der Waals surface area contributed by atoms with E-state index in [2.05, 4.69) is 31.4 Å². The molecule has 138 valence electrons. The monoisotopic (exact) mass is 364 g/mol. The van der Waals surface area contributed by atoms with E-state index in [1.54, 1.807) is 31.5 Å². The number of hydrazine groups is 1. The van der Waals surface area contributed by atoms with Crippen LogP contribution in [0.5, 0.6) is 0 Å². The summed E-state index contributed by atoms with van der Waals surface area (Å²) in [6.07, 6.45) is 3.76. The smallest absolute Gasteiger partial charge is 0.263 e. The molecule has 0 aliphatic carbocycles. The fraction of sp³-hybridized carbons (Fsp3) is 0.211. The predicted molar refractivity (Wildman–Crippen MR) is 102 cm³/mol. The van der Waals surface area contributed by atoms with Crippen molar-refractivity contribution in [3.8, 4) is 0 Å². The van der Waals surface area contributed by atoms with Gasteiger partial charge in [0.25, 0.3) is 5.91 Å². The number of carbonyl (C=O) groups is 2. The summed E-state index contributed by atoms with van der Waals surface area (Å²) in [5, 5.41) is 4.07. The Balaban J connectivity index is 1.60. The predicted octanol–water partition coefficient (Wildman–Crippen LogP) is 0.956. The highest BCUT2D eigenvalue weighted by atomic mass is 16.2. The summed E-state index contributed by atoms with van der Waals surface area (Å²) < 4.78 is 0. The van der Waals surface area contributed by atoms with E-state index in [1.165, 1.54) is 0 Å². The molecule has 27 heavy (non-hydrogen) atoms. The third-order valence-electron chi connectivity index (χ3n) is 3.98. The number of carbonyl (C=O) groups excluding carboxylic acids is 2. The Kier molecular flexibility index (Phi) is 5.88. The number of amidine groups is 1. The molecule has 8 nitrogen and oxygen atoms in total. The number of amides is 2. The lowest BCUT2D eigenvalue weighted by Crippen LogP contribution is -2.52. The summed E-state index contributed by atoms with van der Waals surface area (Å²) in [5.74, 6) is -0.125. The summed E-state index contributed by atoms with van der Waals surface area (Å²) in [6, 6.07) is 12.6. The van der Waals surface area contributed by atoms with Gasteiger partial charge in [-0.3, -0.25) is 30.4 Å². The van der Waals surface area contributed by atoms with Crippen LogP contribution in [0.25, 0.3) is 0 Å². The SMILES string of the molecule is CC(=NNC(=O)C[C@@H]1N=C(Cc2ccccc2)NNC1=O)c1ccncc1. The van der Waals surface area contributed by atoms with Gasteiger partial charge in [0.05, 0.1) is 12.1 Å². The molecule has 1 aromatic heterocycles. The van der Waals surface area contributed by atoms with E-state index >= 15 is 0 Å². The van der Waals surface area contributed by atoms with Gasteiger partial charge in [-0.05, 0) is 24.6 Å². The molecular formula is C19H20N6O2. The number of hydrogen-bond donors (Lipinski definition) is 3. The minimum atomic E-state index is -0.790. The highest BCUT2D eigenvalue weighted by Crippen LogP contribution is 2.07. The zero-order valence-corrected chi connectivity index (χ0v) is 14.8. The van der Waals surface area contributed by atoms with Crippen LogP contribution in [0, 0.1) is 0 Å². The van der Waals surface area contributed by atoms with Crippen molar-refractivity contribution in [1.29, 1.82) is 0 Å². The van der Waals surface area contributed by atoms with Crippen molar-refractivity contribution in [2.75, 3.05) is 0 Å². The third kappa shape index (κ3) is 5.21. The van der Waals surface area contributed by atoms with Crippen LogP contribution < -0.4 is 16.3 Å². The van der Waals surface area contributed by atoms with Gasteiger partial charge in [-0.2, -0.15) is 5.10 Å². The Bertz CT molecular complexity index is 864. The molecule has 3 rings (SSSR count). The van der Waals surface area contributed by atoms with Gasteiger partial charge in [-0.25, -0.2) is 5.43 Å². The zero-order valence-electron chi connectivity index (χ0n) is 14.8. The molecule has 1 atom stereocenters. The Morgan fingerprint density at radius 2 is 1.89 bits per heavy atom. The van der Waals surface area contributed by atoms with Crippen molar-refractivity contribution >= 4 is 23.4 Å². The maximum Gasteiger partial charge on any atom is 0.263 e. The Labute approximate surface area is 156 Å². The lowest BCUT2D eigenvalue weighted by atomic mass is 10.1. The second kappa shape index (κ2) is 8.70. The fourth-order valence-electron chi connectivity index (χ4n) is 2.54. The van der Waals surface area contributed by atoms with Gasteiger partial charge in [0.15, 0.2) is 0 Å². The molecule has 0 unspecified atom stereocenters. The van der Waals surface area contributed by atoms with Crippen LogP contribution in [0.3, 0.4) is 0 Å². The van der Waals surface area contributed by atoms with E-state index in [0.29, 0.717) is 18.0 Å². The van der Waals surface area contributed by atoms with Gasteiger partial charge in [0.1, 0.15) is 11.9 Å². The standard InChI is InChI=1S/C19H20N6O2/c1-13(15-7-9-20-10-8-15)22-24-18(26)12-16-19(27)25-23-17(21-16)11-14-5-3-2-4-6-14/h2-10,16H,11-12H2,1H3,(H,21,23)(H,24,26)(H,25,27)/t16-/m0/s1. The number of aliphatic imine (C=N–C) groups is 1. The van der Waals surface area contributed by atoms with Crippen LogP contribution in [-0.4, -0.2) is 34.4 Å². The lowest BCUT2D eigenvalue weighted by Gasteiger charge is -2.21. The van der Waals surface area contributed by atoms with Gasteiger partial charge in [0, 0.05) is 24.4 Å². The highest BCUT2D eigenvalue weighted by Gasteiger charge is 2.25. The van der Waals surface area contributed by atoms with Crippen LogP contribution in [0.2, 0.25) is 0 Å². The van der Waals surface area contributed by atoms with Gasteiger partial charge in [-0.15, -0.1) is 0 Å². The molecule has 0 spiro atoms. The van der Waals surface area contributed by atoms with Crippen LogP contribution in [-0.2, 0) is 16.0 Å². The number of rotatable bonds is 6. The fourth-order valence-corrected chi connectivity index (χ4v) is 2.54. The van der Waals surface area contributed by atoms with E-state index in [9.17, 15) is 9.59 Å². The number of benzene rings is 1. The minimum absolute atomic E-state index is 0.0844. The highest BCUT2D eigenvalue weighted by molar-refractivity contribution is 6.00. The zero-order chi connectivity index (χ0) is 19.1. The van der Waals surface area contributed by atoms with Gasteiger partial charge in [-0.1, -0.05) is 30.3 Å². The summed E-state index contributed by atoms with van der Waals surface area (Å²) >= 11 is 0. The number of aromatic nitrogens is 1. The molecule has 0 bridgehead atoms. The van der Waals surface area contributed by atoms with Crippen molar-refractivity contribution < 1.29 is 9.59 Å². The van der Waals surface area contributed by atoms with Crippen molar-refractivity contribution in [2.45, 2.75) is 25.8 Å². The van der Waals surface area contributed by atoms with Crippen molar-refractivity contribution in [1.82, 2.24) is 21.3 Å². The van der Waals surface area contributed by atoms with E-state index in [0.717, 1.165) is 11.1 Å². The number of hydrazone groups is 1. The second-order valence-corrected chi connectivity index (χ2v) is 6.04. The topological polar surface area (TPSA) is 108 Å². The van der Waals surface area contributed by atoms with Crippen LogP contribution in [0.4, 0.5) is 0 Å². The Morgan fingerprint density at radius 3 is 2.63 bits per heavy atom. The summed E-state index contributed by atoms with van der Waals surface area (Å²) in [5.41, 5.74) is 10.4. The van der Waals surface area contributed by atoms with Crippen molar-refractivity contribution in [2.24, 2.45) is 10.1 Å². The van der Waals surface area contributed by atoms with Crippen LogP contribution in [0.1, 0.15) is 24.5 Å². The van der Waals surface area contributed by atoms with Crippen molar-refractivity contribution in [3.05, 3.63) is 66.0 Å².